The van der Waals surface area contributed by atoms with Crippen molar-refractivity contribution >= 4 is 39.0 Å². The molecule has 0 saturated heterocycles. The monoisotopic (exact) mass is 351 g/mol. The number of alkyl halides is 3. The number of hydrogen-bond acceptors (Lipinski definition) is 3. The normalized spacial score (nSPS) is 11.4. The third kappa shape index (κ3) is 3.57. The number of aromatic nitrogens is 2. The van der Waals surface area contributed by atoms with Gasteiger partial charge in [0.25, 0.3) is 0 Å². The van der Waals surface area contributed by atoms with Crippen LogP contribution >= 0.6 is 27.5 Å². The van der Waals surface area contributed by atoms with E-state index >= 15 is 0 Å². The average molecular weight is 353 g/mol. The van der Waals surface area contributed by atoms with E-state index in [1.165, 1.54) is 6.07 Å². The summed E-state index contributed by atoms with van der Waals surface area (Å²) in [5.41, 5.74) is 0.574. The first-order valence-corrected chi connectivity index (χ1v) is 6.17. The first-order valence-electron chi connectivity index (χ1n) is 4.99. The Balaban J connectivity index is 2.36. The van der Waals surface area contributed by atoms with Crippen LogP contribution in [0.15, 0.2) is 34.8 Å². The number of anilines is 2. The van der Waals surface area contributed by atoms with Gasteiger partial charge in [-0.2, -0.15) is 13.2 Å². The van der Waals surface area contributed by atoms with Crippen molar-refractivity contribution in [1.82, 2.24) is 9.97 Å². The summed E-state index contributed by atoms with van der Waals surface area (Å²) >= 11 is 8.83. The summed E-state index contributed by atoms with van der Waals surface area (Å²) in [6.07, 6.45) is -4.64. The minimum absolute atomic E-state index is 0.0285. The Labute approximate surface area is 120 Å². The molecular formula is C11H6BrClF3N3. The molecule has 0 amide bonds. The predicted octanol–water partition coefficient (Wildman–Crippen LogP) is 4.65. The maximum atomic E-state index is 12.5. The second-order valence-corrected chi connectivity index (χ2v) is 4.74. The van der Waals surface area contributed by atoms with Gasteiger partial charge in [-0.25, -0.2) is 9.97 Å². The van der Waals surface area contributed by atoms with Crippen LogP contribution in [0.2, 0.25) is 5.15 Å². The molecule has 0 bridgehead atoms. The molecule has 0 fully saturated rings. The number of para-hydroxylation sites is 1. The Morgan fingerprint density at radius 1 is 1.16 bits per heavy atom. The standard InChI is InChI=1S/C11H6BrClF3N3/c12-6-3-1-2-4-7(6)17-9-5-8(13)18-10(19-9)11(14,15)16/h1-5H,(H,17,18,19). The molecule has 100 valence electrons. The Hall–Kier alpha value is -1.34. The van der Waals surface area contributed by atoms with Gasteiger partial charge < -0.3 is 5.32 Å². The van der Waals surface area contributed by atoms with Crippen molar-refractivity contribution in [3.05, 3.63) is 45.8 Å². The van der Waals surface area contributed by atoms with Crippen molar-refractivity contribution in [1.29, 1.82) is 0 Å². The van der Waals surface area contributed by atoms with Gasteiger partial charge in [-0.15, -0.1) is 0 Å². The second kappa shape index (κ2) is 5.34. The Kier molecular flexibility index (Phi) is 3.96. The topological polar surface area (TPSA) is 37.8 Å². The van der Waals surface area contributed by atoms with Gasteiger partial charge in [0.1, 0.15) is 11.0 Å². The van der Waals surface area contributed by atoms with E-state index in [0.717, 1.165) is 0 Å². The van der Waals surface area contributed by atoms with Gasteiger partial charge in [0, 0.05) is 10.5 Å². The van der Waals surface area contributed by atoms with Gasteiger partial charge in [-0.3, -0.25) is 0 Å². The molecule has 2 aromatic rings. The minimum Gasteiger partial charge on any atom is -0.339 e. The molecule has 0 aliphatic rings. The summed E-state index contributed by atoms with van der Waals surface area (Å²) < 4.78 is 38.3. The number of nitrogens with zero attached hydrogens (tertiary/aromatic N) is 2. The SMILES string of the molecule is FC(F)(F)c1nc(Cl)cc(Nc2ccccc2Br)n1. The summed E-state index contributed by atoms with van der Waals surface area (Å²) in [6, 6.07) is 8.17. The molecule has 8 heteroatoms. The summed E-state index contributed by atoms with van der Waals surface area (Å²) in [5, 5.41) is 2.46. The molecule has 1 N–H and O–H groups in total. The fraction of sp³-hybridized carbons (Fsp3) is 0.0909. The van der Waals surface area contributed by atoms with Crippen LogP contribution in [-0.2, 0) is 6.18 Å². The van der Waals surface area contributed by atoms with E-state index in [4.69, 9.17) is 11.6 Å². The van der Waals surface area contributed by atoms with E-state index in [1.807, 2.05) is 0 Å². The minimum atomic E-state index is -4.64. The molecule has 1 aromatic carbocycles. The van der Waals surface area contributed by atoms with E-state index in [0.29, 0.717) is 10.2 Å². The maximum Gasteiger partial charge on any atom is 0.451 e. The van der Waals surface area contributed by atoms with Crippen LogP contribution in [0, 0.1) is 0 Å². The molecule has 0 atom stereocenters. The fourth-order valence-corrected chi connectivity index (χ4v) is 1.88. The lowest BCUT2D eigenvalue weighted by molar-refractivity contribution is -0.144. The van der Waals surface area contributed by atoms with E-state index < -0.39 is 12.0 Å². The lowest BCUT2D eigenvalue weighted by Crippen LogP contribution is -2.12. The smallest absolute Gasteiger partial charge is 0.339 e. The highest BCUT2D eigenvalue weighted by Gasteiger charge is 2.35. The first-order chi connectivity index (χ1) is 8.86. The lowest BCUT2D eigenvalue weighted by Gasteiger charge is -2.10. The van der Waals surface area contributed by atoms with Crippen molar-refractivity contribution in [3.8, 4) is 0 Å². The zero-order valence-corrected chi connectivity index (χ0v) is 11.5. The highest BCUT2D eigenvalue weighted by Crippen LogP contribution is 2.30. The van der Waals surface area contributed by atoms with E-state index in [1.54, 1.807) is 24.3 Å². The number of halogens is 5. The van der Waals surface area contributed by atoms with Crippen LogP contribution in [-0.4, -0.2) is 9.97 Å². The molecule has 0 aliphatic carbocycles. The summed E-state index contributed by atoms with van der Waals surface area (Å²) in [5.74, 6) is -1.31. The Morgan fingerprint density at radius 3 is 2.47 bits per heavy atom. The zero-order chi connectivity index (χ0) is 14.0. The van der Waals surface area contributed by atoms with Crippen molar-refractivity contribution in [2.75, 3.05) is 5.32 Å². The van der Waals surface area contributed by atoms with Crippen LogP contribution in [0.3, 0.4) is 0 Å². The first kappa shape index (κ1) is 14.1. The van der Waals surface area contributed by atoms with Gasteiger partial charge in [0.2, 0.25) is 5.82 Å². The molecule has 1 heterocycles. The van der Waals surface area contributed by atoms with Crippen molar-refractivity contribution < 1.29 is 13.2 Å². The molecule has 19 heavy (non-hydrogen) atoms. The van der Waals surface area contributed by atoms with E-state index in [2.05, 4.69) is 31.2 Å². The molecule has 0 spiro atoms. The van der Waals surface area contributed by atoms with Crippen LogP contribution in [0.5, 0.6) is 0 Å². The van der Waals surface area contributed by atoms with Crippen molar-refractivity contribution in [3.63, 3.8) is 0 Å². The maximum absolute atomic E-state index is 12.5. The molecule has 0 aliphatic heterocycles. The van der Waals surface area contributed by atoms with Gasteiger partial charge in [-0.05, 0) is 28.1 Å². The van der Waals surface area contributed by atoms with Crippen LogP contribution in [0.4, 0.5) is 24.7 Å². The van der Waals surface area contributed by atoms with Crippen LogP contribution < -0.4 is 5.32 Å². The largest absolute Gasteiger partial charge is 0.451 e. The molecule has 0 saturated carbocycles. The highest BCUT2D eigenvalue weighted by atomic mass is 79.9. The summed E-state index contributed by atoms with van der Waals surface area (Å²) in [6.45, 7) is 0. The van der Waals surface area contributed by atoms with Crippen molar-refractivity contribution in [2.45, 2.75) is 6.18 Å². The molecule has 3 nitrogen and oxygen atoms in total. The molecule has 0 unspecified atom stereocenters. The quantitative estimate of drug-likeness (QED) is 0.799. The van der Waals surface area contributed by atoms with Crippen LogP contribution in [0.1, 0.15) is 5.82 Å². The fourth-order valence-electron chi connectivity index (χ4n) is 1.31. The third-order valence-electron chi connectivity index (χ3n) is 2.09. The van der Waals surface area contributed by atoms with Gasteiger partial charge in [0.05, 0.1) is 5.69 Å². The van der Waals surface area contributed by atoms with E-state index in [9.17, 15) is 13.2 Å². The number of nitrogens with one attached hydrogen (secondary N) is 1. The second-order valence-electron chi connectivity index (χ2n) is 3.50. The zero-order valence-electron chi connectivity index (χ0n) is 9.17. The Bertz CT molecular complexity index is 604. The number of hydrogen-bond donors (Lipinski definition) is 1. The summed E-state index contributed by atoms with van der Waals surface area (Å²) in [7, 11) is 0. The molecule has 1 aromatic heterocycles. The van der Waals surface area contributed by atoms with Crippen molar-refractivity contribution in [2.24, 2.45) is 0 Å². The van der Waals surface area contributed by atoms with Gasteiger partial charge in [0.15, 0.2) is 0 Å². The highest BCUT2D eigenvalue weighted by molar-refractivity contribution is 9.10. The predicted molar refractivity (Wildman–Crippen MR) is 69.5 cm³/mol. The van der Waals surface area contributed by atoms with E-state index in [-0.39, 0.29) is 11.0 Å². The number of benzene rings is 1. The Morgan fingerprint density at radius 2 is 1.84 bits per heavy atom. The average Bonchev–Trinajstić information content (AvgIpc) is 2.30. The molecule has 0 radical (unpaired) electrons. The van der Waals surface area contributed by atoms with Gasteiger partial charge >= 0.3 is 6.18 Å². The molecular weight excluding hydrogens is 346 g/mol. The third-order valence-corrected chi connectivity index (χ3v) is 2.97. The lowest BCUT2D eigenvalue weighted by atomic mass is 10.3. The number of rotatable bonds is 2. The summed E-state index contributed by atoms with van der Waals surface area (Å²) in [4.78, 5) is 6.54. The van der Waals surface area contributed by atoms with Gasteiger partial charge in [-0.1, -0.05) is 23.7 Å². The van der Waals surface area contributed by atoms with Crippen LogP contribution in [0.25, 0.3) is 0 Å². The molecule has 2 rings (SSSR count).